The molecule has 2 heterocycles. The third-order valence-corrected chi connectivity index (χ3v) is 7.20. The lowest BCUT2D eigenvalue weighted by molar-refractivity contribution is 0.160. The minimum absolute atomic E-state index is 0.236. The van der Waals surface area contributed by atoms with E-state index in [-0.39, 0.29) is 10.7 Å². The van der Waals surface area contributed by atoms with Crippen LogP contribution in [-0.2, 0) is 6.54 Å². The van der Waals surface area contributed by atoms with Crippen LogP contribution in [-0.4, -0.2) is 33.3 Å². The Kier molecular flexibility index (Phi) is 6.04. The van der Waals surface area contributed by atoms with E-state index in [9.17, 15) is 0 Å². The predicted molar refractivity (Wildman–Crippen MR) is 118 cm³/mol. The summed E-state index contributed by atoms with van der Waals surface area (Å²) in [7, 11) is 1.96. The molecule has 0 fully saturated rings. The molecule has 146 valence electrons. The Morgan fingerprint density at radius 2 is 2.14 bits per heavy atom. The van der Waals surface area contributed by atoms with Gasteiger partial charge in [-0.1, -0.05) is 47.1 Å². The predicted octanol–water partition coefficient (Wildman–Crippen LogP) is 4.97. The van der Waals surface area contributed by atoms with Crippen LogP contribution in [0.25, 0.3) is 0 Å². The number of benzene rings is 2. The zero-order valence-corrected chi connectivity index (χ0v) is 17.7. The van der Waals surface area contributed by atoms with Crippen molar-refractivity contribution in [1.29, 1.82) is 0 Å². The van der Waals surface area contributed by atoms with Gasteiger partial charge in [-0.25, -0.2) is 4.98 Å². The highest BCUT2D eigenvalue weighted by Gasteiger charge is 2.25. The number of hydrogen-bond acceptors (Lipinski definition) is 6. The topological polar surface area (TPSA) is 50.3 Å². The highest BCUT2D eigenvalue weighted by Crippen LogP contribution is 2.40. The van der Waals surface area contributed by atoms with Crippen LogP contribution >= 0.6 is 22.2 Å². The van der Waals surface area contributed by atoms with Gasteiger partial charge in [0.25, 0.3) is 0 Å². The van der Waals surface area contributed by atoms with Crippen molar-refractivity contribution >= 4 is 32.7 Å². The fourth-order valence-corrected chi connectivity index (χ4v) is 5.40. The molecular weight excluding hydrogens is 388 g/mol. The van der Waals surface area contributed by atoms with Gasteiger partial charge >= 0.3 is 0 Å². The average molecular weight is 413 g/mol. The van der Waals surface area contributed by atoms with E-state index in [1.165, 1.54) is 27.6 Å². The summed E-state index contributed by atoms with van der Waals surface area (Å²) in [6, 6.07) is 17.6. The summed E-state index contributed by atoms with van der Waals surface area (Å²) < 4.78 is 13.6. The van der Waals surface area contributed by atoms with Crippen molar-refractivity contribution < 1.29 is 4.74 Å². The molecule has 1 aromatic heterocycles. The van der Waals surface area contributed by atoms with E-state index in [4.69, 9.17) is 4.74 Å². The summed E-state index contributed by atoms with van der Waals surface area (Å²) >= 11 is 1.37. The molecular formula is C21H24N4OS2. The number of hydrogen-bond donors (Lipinski definition) is 1. The maximum atomic E-state index is 6.04. The molecule has 0 spiro atoms. The largest absolute Gasteiger partial charge is 0.493 e. The minimum Gasteiger partial charge on any atom is -0.493 e. The zero-order valence-electron chi connectivity index (χ0n) is 16.0. The Bertz CT molecular complexity index is 944. The number of fused-ring (bicyclic) bond motifs is 1. The first kappa shape index (κ1) is 19.1. The van der Waals surface area contributed by atoms with Crippen molar-refractivity contribution in [2.45, 2.75) is 30.8 Å². The van der Waals surface area contributed by atoms with Crippen LogP contribution in [0, 0.1) is 0 Å². The van der Waals surface area contributed by atoms with Gasteiger partial charge in [-0.3, -0.25) is 4.90 Å². The molecule has 2 aromatic carbocycles. The van der Waals surface area contributed by atoms with Crippen molar-refractivity contribution in [2.75, 3.05) is 18.4 Å². The van der Waals surface area contributed by atoms with Crippen LogP contribution in [0.2, 0.25) is 0 Å². The second-order valence-electron chi connectivity index (χ2n) is 6.68. The van der Waals surface area contributed by atoms with Crippen molar-refractivity contribution in [2.24, 2.45) is 0 Å². The van der Waals surface area contributed by atoms with Gasteiger partial charge in [-0.05, 0) is 37.0 Å². The third-order valence-electron chi connectivity index (χ3n) is 4.85. The Balaban J connectivity index is 1.55. The summed E-state index contributed by atoms with van der Waals surface area (Å²) in [5, 5.41) is 2.99. The van der Waals surface area contributed by atoms with E-state index >= 15 is 0 Å². The molecule has 1 aliphatic heterocycles. The molecule has 2 atom stereocenters. The molecule has 0 aliphatic carbocycles. The van der Waals surface area contributed by atoms with Gasteiger partial charge in [0, 0.05) is 41.0 Å². The van der Waals surface area contributed by atoms with Gasteiger partial charge in [0.2, 0.25) is 5.13 Å². The Morgan fingerprint density at radius 1 is 1.29 bits per heavy atom. The number of nitrogens with one attached hydrogen (secondary N) is 1. The van der Waals surface area contributed by atoms with Gasteiger partial charge < -0.3 is 9.46 Å². The van der Waals surface area contributed by atoms with Crippen LogP contribution < -0.4 is 9.46 Å². The molecule has 1 aliphatic rings. The number of ether oxygens (including phenoxy) is 1. The van der Waals surface area contributed by atoms with Crippen molar-refractivity contribution in [3.8, 4) is 5.75 Å². The second kappa shape index (κ2) is 8.86. The first-order valence-corrected chi connectivity index (χ1v) is 11.4. The van der Waals surface area contributed by atoms with E-state index in [2.05, 4.69) is 86.8 Å². The molecule has 1 unspecified atom stereocenters. The Hall–Kier alpha value is -2.22. The first-order chi connectivity index (χ1) is 13.7. The third kappa shape index (κ3) is 4.27. The molecule has 1 N–H and O–H groups in total. The lowest BCUT2D eigenvalue weighted by Crippen LogP contribution is -2.29. The zero-order chi connectivity index (χ0) is 19.3. The van der Waals surface area contributed by atoms with Gasteiger partial charge in [0.1, 0.15) is 12.1 Å². The quantitative estimate of drug-likeness (QED) is 0.579. The molecule has 0 saturated heterocycles. The molecule has 0 radical (unpaired) electrons. The molecule has 0 amide bonds. The molecule has 0 saturated carbocycles. The van der Waals surface area contributed by atoms with Gasteiger partial charge in [0.15, 0.2) is 0 Å². The van der Waals surface area contributed by atoms with Crippen LogP contribution in [0.15, 0.2) is 59.8 Å². The smallest absolute Gasteiger partial charge is 0.212 e. The van der Waals surface area contributed by atoms with Crippen molar-refractivity contribution in [1.82, 2.24) is 14.3 Å². The summed E-state index contributed by atoms with van der Waals surface area (Å²) in [5.74, 6) is 0.993. The minimum atomic E-state index is -0.236. The SMILES string of the molecule is C/C=S(/Nc1ncns1)c1ccc2c(c1)OCC[C@@H]2N(C)Cc1ccccc1. The fourth-order valence-electron chi connectivity index (χ4n) is 3.49. The maximum absolute atomic E-state index is 6.04. The lowest BCUT2D eigenvalue weighted by atomic mass is 9.99. The van der Waals surface area contributed by atoms with Crippen molar-refractivity contribution in [3.63, 3.8) is 0 Å². The van der Waals surface area contributed by atoms with Gasteiger partial charge in [-0.15, -0.1) is 0 Å². The molecule has 0 bridgehead atoms. The first-order valence-electron chi connectivity index (χ1n) is 9.31. The standard InChI is InChI=1S/C21H24N4OS2/c1-3-28(24-21-22-15-23-27-21)17-9-10-18-19(11-12-26-20(18)13-17)25(2)14-16-7-5-4-6-8-16/h3-10,13,15,19H,11-12,14H2,1-2H3,(H,22,23,24)/t19-,28?/m0/s1. The van der Waals surface area contributed by atoms with E-state index in [0.29, 0.717) is 6.04 Å². The van der Waals surface area contributed by atoms with Crippen LogP contribution in [0.3, 0.4) is 0 Å². The lowest BCUT2D eigenvalue weighted by Gasteiger charge is -2.33. The highest BCUT2D eigenvalue weighted by molar-refractivity contribution is 8.16. The van der Waals surface area contributed by atoms with Gasteiger partial charge in [-0.2, -0.15) is 4.37 Å². The van der Waals surface area contributed by atoms with Gasteiger partial charge in [0.05, 0.1) is 6.61 Å². The molecule has 4 rings (SSSR count). The maximum Gasteiger partial charge on any atom is 0.212 e. The highest BCUT2D eigenvalue weighted by atomic mass is 32.2. The molecule has 28 heavy (non-hydrogen) atoms. The van der Waals surface area contributed by atoms with E-state index < -0.39 is 0 Å². The number of rotatable bonds is 6. The van der Waals surface area contributed by atoms with Crippen LogP contribution in [0.5, 0.6) is 5.75 Å². The summed E-state index contributed by atoms with van der Waals surface area (Å²) in [5.41, 5.74) is 2.60. The summed E-state index contributed by atoms with van der Waals surface area (Å²) in [6.45, 7) is 3.74. The van der Waals surface area contributed by atoms with E-state index in [0.717, 1.165) is 30.5 Å². The number of anilines is 1. The van der Waals surface area contributed by atoms with E-state index in [1.807, 2.05) is 0 Å². The summed E-state index contributed by atoms with van der Waals surface area (Å²) in [6.07, 6.45) is 2.58. The number of nitrogens with zero attached hydrogens (tertiary/aromatic N) is 3. The molecule has 5 nitrogen and oxygen atoms in total. The fraction of sp³-hybridized carbons (Fsp3) is 0.286. The second-order valence-corrected chi connectivity index (χ2v) is 9.28. The normalized spacial score (nSPS) is 17.2. The Morgan fingerprint density at radius 3 is 2.89 bits per heavy atom. The van der Waals surface area contributed by atoms with Crippen LogP contribution in [0.1, 0.15) is 30.5 Å². The average Bonchev–Trinajstić information content (AvgIpc) is 3.25. The number of aromatic nitrogens is 2. The van der Waals surface area contributed by atoms with E-state index in [1.54, 1.807) is 6.33 Å². The van der Waals surface area contributed by atoms with Crippen molar-refractivity contribution in [3.05, 3.63) is 66.0 Å². The van der Waals surface area contributed by atoms with Crippen LogP contribution in [0.4, 0.5) is 5.13 Å². The monoisotopic (exact) mass is 412 g/mol. The summed E-state index contributed by atoms with van der Waals surface area (Å²) in [4.78, 5) is 7.85. The Labute approximate surface area is 172 Å². The molecule has 3 aromatic rings. The molecule has 7 heteroatoms.